The van der Waals surface area contributed by atoms with E-state index in [0.29, 0.717) is 6.42 Å². The first-order valence-electron chi connectivity index (χ1n) is 5.35. The van der Waals surface area contributed by atoms with Crippen molar-refractivity contribution in [2.45, 2.75) is 37.6 Å². The largest absolute Gasteiger partial charge is 0.314 e. The smallest absolute Gasteiger partial charge is 0.102 e. The molecule has 0 amide bonds. The van der Waals surface area contributed by atoms with E-state index in [2.05, 4.69) is 38.1 Å². The predicted octanol–water partition coefficient (Wildman–Crippen LogP) is 3.03. The fourth-order valence-corrected chi connectivity index (χ4v) is 2.60. The van der Waals surface area contributed by atoms with Crippen LogP contribution in [0, 0.1) is 25.2 Å². The van der Waals surface area contributed by atoms with Crippen LogP contribution in [0.15, 0.2) is 23.1 Å². The van der Waals surface area contributed by atoms with Gasteiger partial charge in [-0.05, 0) is 38.8 Å². The summed E-state index contributed by atoms with van der Waals surface area (Å²) in [6.07, 6.45) is 0.710. The summed E-state index contributed by atoms with van der Waals surface area (Å²) in [4.78, 5) is 1.29. The first-order chi connectivity index (χ1) is 7.44. The molecule has 1 atom stereocenters. The molecule has 3 heteroatoms. The molecule has 16 heavy (non-hydrogen) atoms. The lowest BCUT2D eigenvalue weighted by atomic mass is 10.0. The lowest BCUT2D eigenvalue weighted by molar-refractivity contribution is 0.583. The standard InChI is InChI=1S/C13H18N2S/c1-10-4-5-11(2)12(8-10)16-7-6-13(3,15)9-14/h4-5,8H,6-7,15H2,1-3H3. The molecular weight excluding hydrogens is 216 g/mol. The summed E-state index contributed by atoms with van der Waals surface area (Å²) in [6.45, 7) is 5.97. The Morgan fingerprint density at radius 2 is 2.12 bits per heavy atom. The Hall–Kier alpha value is -0.980. The van der Waals surface area contributed by atoms with Crippen LogP contribution >= 0.6 is 11.8 Å². The fourth-order valence-electron chi connectivity index (χ4n) is 1.29. The first-order valence-corrected chi connectivity index (χ1v) is 6.33. The molecule has 1 rings (SSSR count). The highest BCUT2D eigenvalue weighted by molar-refractivity contribution is 7.99. The van der Waals surface area contributed by atoms with Crippen LogP contribution in [0.3, 0.4) is 0 Å². The minimum atomic E-state index is -0.704. The van der Waals surface area contributed by atoms with E-state index in [1.807, 2.05) is 0 Å². The summed E-state index contributed by atoms with van der Waals surface area (Å²) >= 11 is 1.77. The van der Waals surface area contributed by atoms with Crippen LogP contribution in [0.25, 0.3) is 0 Å². The number of nitriles is 1. The number of rotatable bonds is 4. The maximum atomic E-state index is 8.81. The van der Waals surface area contributed by atoms with Gasteiger partial charge < -0.3 is 5.73 Å². The highest BCUT2D eigenvalue weighted by Crippen LogP contribution is 2.25. The molecule has 0 saturated carbocycles. The van der Waals surface area contributed by atoms with Gasteiger partial charge in [-0.15, -0.1) is 11.8 Å². The van der Waals surface area contributed by atoms with Gasteiger partial charge in [-0.1, -0.05) is 17.7 Å². The number of thioether (sulfide) groups is 1. The molecule has 0 aromatic heterocycles. The average molecular weight is 234 g/mol. The second-order valence-corrected chi connectivity index (χ2v) is 5.53. The van der Waals surface area contributed by atoms with Crippen molar-refractivity contribution >= 4 is 11.8 Å². The number of nitrogens with two attached hydrogens (primary N) is 1. The van der Waals surface area contributed by atoms with Crippen LogP contribution in [0.4, 0.5) is 0 Å². The van der Waals surface area contributed by atoms with E-state index < -0.39 is 5.54 Å². The van der Waals surface area contributed by atoms with E-state index in [0.717, 1.165) is 5.75 Å². The number of aryl methyl sites for hydroxylation is 2. The van der Waals surface area contributed by atoms with Crippen molar-refractivity contribution in [3.05, 3.63) is 29.3 Å². The van der Waals surface area contributed by atoms with Crippen LogP contribution in [0.1, 0.15) is 24.5 Å². The molecule has 0 bridgehead atoms. The highest BCUT2D eigenvalue weighted by atomic mass is 32.2. The normalized spacial score (nSPS) is 14.2. The van der Waals surface area contributed by atoms with E-state index in [1.54, 1.807) is 18.7 Å². The number of hydrogen-bond acceptors (Lipinski definition) is 3. The van der Waals surface area contributed by atoms with Crippen molar-refractivity contribution in [2.75, 3.05) is 5.75 Å². The number of hydrogen-bond donors (Lipinski definition) is 1. The van der Waals surface area contributed by atoms with Crippen LogP contribution in [-0.2, 0) is 0 Å². The Morgan fingerprint density at radius 1 is 1.44 bits per heavy atom. The van der Waals surface area contributed by atoms with Gasteiger partial charge >= 0.3 is 0 Å². The Labute approximate surface area is 102 Å². The average Bonchev–Trinajstić information content (AvgIpc) is 2.23. The van der Waals surface area contributed by atoms with Crippen molar-refractivity contribution in [1.29, 1.82) is 5.26 Å². The minimum absolute atomic E-state index is 0.704. The summed E-state index contributed by atoms with van der Waals surface area (Å²) in [5.41, 5.74) is 7.62. The monoisotopic (exact) mass is 234 g/mol. The van der Waals surface area contributed by atoms with E-state index in [4.69, 9.17) is 11.0 Å². The van der Waals surface area contributed by atoms with Gasteiger partial charge in [0, 0.05) is 10.6 Å². The third-order valence-corrected chi connectivity index (χ3v) is 3.64. The van der Waals surface area contributed by atoms with Gasteiger partial charge in [-0.2, -0.15) is 5.26 Å². The van der Waals surface area contributed by atoms with Crippen molar-refractivity contribution in [2.24, 2.45) is 5.73 Å². The summed E-state index contributed by atoms with van der Waals surface area (Å²) in [7, 11) is 0. The predicted molar refractivity (Wildman–Crippen MR) is 69.5 cm³/mol. The second kappa shape index (κ2) is 5.38. The number of nitrogens with zero attached hydrogens (tertiary/aromatic N) is 1. The van der Waals surface area contributed by atoms with Crippen LogP contribution in [0.5, 0.6) is 0 Å². The van der Waals surface area contributed by atoms with Crippen molar-refractivity contribution in [1.82, 2.24) is 0 Å². The molecule has 86 valence electrons. The zero-order chi connectivity index (χ0) is 12.2. The molecule has 1 unspecified atom stereocenters. The van der Waals surface area contributed by atoms with Gasteiger partial charge in [0.1, 0.15) is 5.54 Å². The van der Waals surface area contributed by atoms with Gasteiger partial charge in [0.25, 0.3) is 0 Å². The van der Waals surface area contributed by atoms with E-state index in [1.165, 1.54) is 16.0 Å². The Balaban J connectivity index is 2.56. The van der Waals surface area contributed by atoms with Crippen LogP contribution < -0.4 is 5.73 Å². The molecule has 0 aliphatic heterocycles. The number of benzene rings is 1. The molecule has 0 fully saturated rings. The first kappa shape index (κ1) is 13.1. The molecular formula is C13H18N2S. The highest BCUT2D eigenvalue weighted by Gasteiger charge is 2.16. The van der Waals surface area contributed by atoms with Gasteiger partial charge in [-0.3, -0.25) is 0 Å². The molecule has 1 aromatic rings. The molecule has 2 nitrogen and oxygen atoms in total. The van der Waals surface area contributed by atoms with Crippen molar-refractivity contribution in [3.63, 3.8) is 0 Å². The van der Waals surface area contributed by atoms with Gasteiger partial charge in [0.05, 0.1) is 6.07 Å². The third-order valence-electron chi connectivity index (χ3n) is 2.48. The topological polar surface area (TPSA) is 49.8 Å². The van der Waals surface area contributed by atoms with Crippen LogP contribution in [0.2, 0.25) is 0 Å². The second-order valence-electron chi connectivity index (χ2n) is 4.40. The van der Waals surface area contributed by atoms with Gasteiger partial charge in [0.2, 0.25) is 0 Å². The van der Waals surface area contributed by atoms with Crippen molar-refractivity contribution < 1.29 is 0 Å². The molecule has 1 aromatic carbocycles. The molecule has 0 aliphatic carbocycles. The SMILES string of the molecule is Cc1ccc(C)c(SCCC(C)(N)C#N)c1. The zero-order valence-electron chi connectivity index (χ0n) is 10.1. The van der Waals surface area contributed by atoms with Crippen LogP contribution in [-0.4, -0.2) is 11.3 Å². The lowest BCUT2D eigenvalue weighted by Gasteiger charge is -2.15. The third kappa shape index (κ3) is 3.88. The van der Waals surface area contributed by atoms with Crippen molar-refractivity contribution in [3.8, 4) is 6.07 Å². The zero-order valence-corrected chi connectivity index (χ0v) is 10.9. The summed E-state index contributed by atoms with van der Waals surface area (Å²) < 4.78 is 0. The quantitative estimate of drug-likeness (QED) is 0.815. The minimum Gasteiger partial charge on any atom is -0.314 e. The molecule has 0 radical (unpaired) electrons. The molecule has 2 N–H and O–H groups in total. The molecule has 0 heterocycles. The van der Waals surface area contributed by atoms with Gasteiger partial charge in [-0.25, -0.2) is 0 Å². The molecule has 0 saturated heterocycles. The Kier molecular flexibility index (Phi) is 4.40. The molecule has 0 aliphatic rings. The molecule has 0 spiro atoms. The fraction of sp³-hybridized carbons (Fsp3) is 0.462. The van der Waals surface area contributed by atoms with E-state index in [9.17, 15) is 0 Å². The lowest BCUT2D eigenvalue weighted by Crippen LogP contribution is -2.34. The summed E-state index contributed by atoms with van der Waals surface area (Å²) in [5, 5.41) is 8.81. The summed E-state index contributed by atoms with van der Waals surface area (Å²) in [6, 6.07) is 8.54. The Morgan fingerprint density at radius 3 is 2.75 bits per heavy atom. The maximum Gasteiger partial charge on any atom is 0.102 e. The van der Waals surface area contributed by atoms with E-state index in [-0.39, 0.29) is 0 Å². The van der Waals surface area contributed by atoms with Gasteiger partial charge in [0.15, 0.2) is 0 Å². The Bertz CT molecular complexity index is 405. The van der Waals surface area contributed by atoms with E-state index >= 15 is 0 Å². The summed E-state index contributed by atoms with van der Waals surface area (Å²) in [5.74, 6) is 0.880. The maximum absolute atomic E-state index is 8.81.